The Morgan fingerprint density at radius 2 is 1.91 bits per heavy atom. The number of carbonyl (C=O) groups is 1. The summed E-state index contributed by atoms with van der Waals surface area (Å²) in [6.45, 7) is 10.2. The van der Waals surface area contributed by atoms with E-state index < -0.39 is 11.5 Å². The summed E-state index contributed by atoms with van der Waals surface area (Å²) in [6, 6.07) is 0. The molecule has 4 saturated carbocycles. The van der Waals surface area contributed by atoms with Crippen molar-refractivity contribution in [2.45, 2.75) is 108 Å². The fraction of sp³-hybridized carbons (Fsp3) is 0.889. The molecule has 0 bridgehead atoms. The molecule has 194 valence electrons. The first kappa shape index (κ1) is 26.4. The van der Waals surface area contributed by atoms with Crippen LogP contribution in [0.1, 0.15) is 85.0 Å². The molecule has 5 unspecified atom stereocenters. The van der Waals surface area contributed by atoms with Gasteiger partial charge in [0.1, 0.15) is 18.0 Å². The Morgan fingerprint density at radius 1 is 1.15 bits per heavy atom. The van der Waals surface area contributed by atoms with Crippen molar-refractivity contribution >= 4 is 21.9 Å². The van der Waals surface area contributed by atoms with Crippen LogP contribution in [0.15, 0.2) is 12.3 Å². The lowest BCUT2D eigenvalue weighted by molar-refractivity contribution is -0.313. The highest BCUT2D eigenvalue weighted by Crippen LogP contribution is 2.67. The van der Waals surface area contributed by atoms with Gasteiger partial charge in [0, 0.05) is 18.3 Å². The maximum atomic E-state index is 12.2. The second-order valence-corrected chi connectivity index (χ2v) is 12.8. The second-order valence-electron chi connectivity index (χ2n) is 11.6. The summed E-state index contributed by atoms with van der Waals surface area (Å²) >= 11 is 3.79. The molecule has 7 heteroatoms. The minimum atomic E-state index is -0.474. The first-order chi connectivity index (χ1) is 16.2. The van der Waals surface area contributed by atoms with Crippen molar-refractivity contribution in [1.29, 1.82) is 0 Å². The van der Waals surface area contributed by atoms with Crippen LogP contribution in [0.2, 0.25) is 0 Å². The maximum absolute atomic E-state index is 12.2. The van der Waals surface area contributed by atoms with Crippen molar-refractivity contribution in [3.8, 4) is 0 Å². The van der Waals surface area contributed by atoms with Crippen molar-refractivity contribution in [3.63, 3.8) is 0 Å². The molecule has 34 heavy (non-hydrogen) atoms. The number of hydrogen-bond acceptors (Lipinski definition) is 6. The Bertz CT molecular complexity index is 759. The lowest BCUT2D eigenvalue weighted by Crippen LogP contribution is -2.60. The minimum absolute atomic E-state index is 0.00753. The number of rotatable bonds is 8. The van der Waals surface area contributed by atoms with Crippen molar-refractivity contribution < 1.29 is 29.5 Å². The van der Waals surface area contributed by atoms with Gasteiger partial charge in [0.15, 0.2) is 0 Å². The normalized spacial score (nSPS) is 45.6. The van der Waals surface area contributed by atoms with Crippen LogP contribution >= 0.6 is 15.9 Å². The van der Waals surface area contributed by atoms with E-state index in [4.69, 9.17) is 14.5 Å². The van der Waals surface area contributed by atoms with Crippen LogP contribution in [-0.2, 0) is 19.3 Å². The molecule has 0 amide bonds. The van der Waals surface area contributed by atoms with Gasteiger partial charge in [0.25, 0.3) is 0 Å². The van der Waals surface area contributed by atoms with E-state index in [-0.39, 0.29) is 46.9 Å². The van der Waals surface area contributed by atoms with Crippen molar-refractivity contribution in [1.82, 2.24) is 0 Å². The number of ether oxygens (including phenoxy) is 1. The van der Waals surface area contributed by atoms with E-state index in [0.717, 1.165) is 57.8 Å². The number of aliphatic hydroxyl groups excluding tert-OH is 2. The zero-order valence-corrected chi connectivity index (χ0v) is 22.6. The monoisotopic (exact) mass is 542 g/mol. The number of carbonyl (C=O) groups excluding carboxylic acids is 1. The zero-order valence-electron chi connectivity index (χ0n) is 21.0. The quantitative estimate of drug-likeness (QED) is 0.142. The Balaban J connectivity index is 1.51. The molecule has 0 aromatic rings. The largest absolute Gasteiger partial charge is 0.460 e. The van der Waals surface area contributed by atoms with Gasteiger partial charge < -0.3 is 19.8 Å². The molecule has 2 N–H and O–H groups in total. The SMILES string of the molecule is C=C(CCC)OO[C@H]1CC[C@@]2(C)C(CC(O)C3C2CC[C@@]2(CO)C3C[C@@H](Br)[C@@H]2OC(=O)CC)C1. The van der Waals surface area contributed by atoms with Crippen molar-refractivity contribution in [2.75, 3.05) is 6.61 Å². The van der Waals surface area contributed by atoms with Crippen molar-refractivity contribution in [2.24, 2.45) is 34.5 Å². The summed E-state index contributed by atoms with van der Waals surface area (Å²) in [5, 5.41) is 22.1. The molecule has 0 spiro atoms. The standard InChI is InChI=1S/C27H43BrO6/c1-5-7-16(3)33-34-18-8-10-26(4)17(12-18)13-22(30)24-19(26)9-11-27(15-29)20(24)14-21(28)25(27)32-23(31)6-2/h17-22,24-25,29-30H,3,5-15H2,1-2,4H3/t17?,18-,19?,20?,21+,22?,24?,25-,26-,27+/m0/s1. The molecule has 6 nitrogen and oxygen atoms in total. The Labute approximate surface area is 212 Å². The third-order valence-corrected chi connectivity index (χ3v) is 10.8. The Hall–Kier alpha value is -0.630. The van der Waals surface area contributed by atoms with Crippen LogP contribution in [0, 0.1) is 34.5 Å². The van der Waals surface area contributed by atoms with Gasteiger partial charge in [0.2, 0.25) is 0 Å². The molecule has 0 aromatic carbocycles. The van der Waals surface area contributed by atoms with Gasteiger partial charge >= 0.3 is 5.97 Å². The number of aliphatic hydroxyl groups is 2. The fourth-order valence-corrected chi connectivity index (χ4v) is 9.21. The molecule has 0 aromatic heterocycles. The van der Waals surface area contributed by atoms with Gasteiger partial charge in [-0.25, -0.2) is 0 Å². The molecule has 4 aliphatic rings. The van der Waals surface area contributed by atoms with Crippen LogP contribution in [0.4, 0.5) is 0 Å². The van der Waals surface area contributed by atoms with E-state index in [0.29, 0.717) is 24.0 Å². The molecule has 4 rings (SSSR count). The summed E-state index contributed by atoms with van der Waals surface area (Å²) in [5.41, 5.74) is -0.343. The highest BCUT2D eigenvalue weighted by atomic mass is 79.9. The zero-order chi connectivity index (χ0) is 24.7. The van der Waals surface area contributed by atoms with Gasteiger partial charge in [-0.05, 0) is 80.5 Å². The van der Waals surface area contributed by atoms with Gasteiger partial charge in [-0.1, -0.05) is 43.3 Å². The highest BCUT2D eigenvalue weighted by molar-refractivity contribution is 9.09. The predicted molar refractivity (Wildman–Crippen MR) is 133 cm³/mol. The molecule has 10 atom stereocenters. The van der Waals surface area contributed by atoms with Gasteiger partial charge in [0.05, 0.1) is 17.5 Å². The van der Waals surface area contributed by atoms with Crippen LogP contribution in [0.3, 0.4) is 0 Å². The average Bonchev–Trinajstić information content (AvgIpc) is 3.10. The van der Waals surface area contributed by atoms with E-state index in [9.17, 15) is 15.0 Å². The van der Waals surface area contributed by atoms with Gasteiger partial charge in [-0.15, -0.1) is 0 Å². The number of hydrogen-bond donors (Lipinski definition) is 2. The van der Waals surface area contributed by atoms with E-state index in [1.807, 2.05) is 0 Å². The molecule has 4 aliphatic carbocycles. The van der Waals surface area contributed by atoms with Crippen LogP contribution in [-0.4, -0.2) is 45.9 Å². The summed E-state index contributed by atoms with van der Waals surface area (Å²) in [6.07, 6.45) is 7.60. The van der Waals surface area contributed by atoms with Crippen LogP contribution < -0.4 is 0 Å². The molecular weight excluding hydrogens is 500 g/mol. The summed E-state index contributed by atoms with van der Waals surface area (Å²) in [7, 11) is 0. The fourth-order valence-electron chi connectivity index (χ4n) is 8.17. The number of alkyl halides is 1. The summed E-state index contributed by atoms with van der Waals surface area (Å²) in [4.78, 5) is 23.5. The second kappa shape index (κ2) is 10.4. The highest BCUT2D eigenvalue weighted by Gasteiger charge is 2.66. The number of esters is 1. The topological polar surface area (TPSA) is 85.2 Å². The lowest BCUT2D eigenvalue weighted by atomic mass is 9.44. The molecular formula is C27H43BrO6. The first-order valence-electron chi connectivity index (χ1n) is 13.3. The first-order valence-corrected chi connectivity index (χ1v) is 14.2. The van der Waals surface area contributed by atoms with E-state index in [2.05, 4.69) is 36.4 Å². The molecule has 0 heterocycles. The molecule has 0 aliphatic heterocycles. The minimum Gasteiger partial charge on any atom is -0.460 e. The number of halogens is 1. The van der Waals surface area contributed by atoms with Gasteiger partial charge in [-0.3, -0.25) is 4.79 Å². The number of allylic oxidation sites excluding steroid dienone is 1. The van der Waals surface area contributed by atoms with Crippen molar-refractivity contribution in [3.05, 3.63) is 12.3 Å². The molecule has 0 radical (unpaired) electrons. The van der Waals surface area contributed by atoms with Gasteiger partial charge in [-0.2, -0.15) is 4.89 Å². The molecule has 4 fully saturated rings. The summed E-state index contributed by atoms with van der Waals surface area (Å²) < 4.78 is 5.90. The van der Waals surface area contributed by atoms with E-state index in [1.165, 1.54) is 0 Å². The number of fused-ring (bicyclic) bond motifs is 5. The van der Waals surface area contributed by atoms with Crippen LogP contribution in [0.25, 0.3) is 0 Å². The average molecular weight is 544 g/mol. The Morgan fingerprint density at radius 3 is 2.59 bits per heavy atom. The third kappa shape index (κ3) is 4.48. The Kier molecular flexibility index (Phi) is 8.08. The smallest absolute Gasteiger partial charge is 0.305 e. The third-order valence-electron chi connectivity index (χ3n) is 9.94. The maximum Gasteiger partial charge on any atom is 0.305 e. The van der Waals surface area contributed by atoms with Crippen LogP contribution in [0.5, 0.6) is 0 Å². The van der Waals surface area contributed by atoms with E-state index in [1.54, 1.807) is 6.92 Å². The van der Waals surface area contributed by atoms with E-state index >= 15 is 0 Å². The molecule has 0 saturated heterocycles. The summed E-state index contributed by atoms with van der Waals surface area (Å²) in [5.74, 6) is 1.48. The lowest BCUT2D eigenvalue weighted by Gasteiger charge is -2.62. The predicted octanol–water partition coefficient (Wildman–Crippen LogP) is 5.30.